The minimum Gasteiger partial charge on any atom is -0.485 e. The Morgan fingerprint density at radius 2 is 2.28 bits per heavy atom. The Morgan fingerprint density at radius 1 is 1.50 bits per heavy atom. The van der Waals surface area contributed by atoms with Gasteiger partial charge in [-0.25, -0.2) is 4.98 Å². The van der Waals surface area contributed by atoms with E-state index in [0.29, 0.717) is 17.1 Å². The molecule has 0 aliphatic heterocycles. The fourth-order valence-electron chi connectivity index (χ4n) is 1.63. The monoisotopic (exact) mass is 309 g/mol. The van der Waals surface area contributed by atoms with E-state index in [4.69, 9.17) is 4.74 Å². The lowest BCUT2D eigenvalue weighted by Gasteiger charge is -2.11. The van der Waals surface area contributed by atoms with Crippen molar-refractivity contribution in [1.82, 2.24) is 14.8 Å². The Labute approximate surface area is 113 Å². The van der Waals surface area contributed by atoms with Crippen molar-refractivity contribution in [3.8, 4) is 5.75 Å². The smallest absolute Gasteiger partial charge is 0.164 e. The maximum atomic E-state index is 11.0. The Kier molecular flexibility index (Phi) is 3.76. The Morgan fingerprint density at radius 3 is 2.89 bits per heavy atom. The summed E-state index contributed by atoms with van der Waals surface area (Å²) in [5.74, 6) is 1.28. The first kappa shape index (κ1) is 12.8. The summed E-state index contributed by atoms with van der Waals surface area (Å²) in [4.78, 5) is 15.1. The van der Waals surface area contributed by atoms with Gasteiger partial charge < -0.3 is 4.74 Å². The number of hydrogen-bond acceptors (Lipinski definition) is 4. The second-order valence-electron chi connectivity index (χ2n) is 3.85. The number of benzene rings is 1. The highest BCUT2D eigenvalue weighted by Crippen LogP contribution is 2.27. The number of nitrogens with zero attached hydrogens (tertiary/aromatic N) is 3. The van der Waals surface area contributed by atoms with Gasteiger partial charge in [0.25, 0.3) is 0 Å². The van der Waals surface area contributed by atoms with E-state index in [9.17, 15) is 4.79 Å². The van der Waals surface area contributed by atoms with E-state index >= 15 is 0 Å². The van der Waals surface area contributed by atoms with Gasteiger partial charge in [0.15, 0.2) is 12.1 Å². The second-order valence-corrected chi connectivity index (χ2v) is 4.76. The molecule has 0 radical (unpaired) electrons. The van der Waals surface area contributed by atoms with Gasteiger partial charge in [-0.2, -0.15) is 5.10 Å². The van der Waals surface area contributed by atoms with Gasteiger partial charge in [-0.05, 0) is 24.6 Å². The highest BCUT2D eigenvalue weighted by Gasteiger charge is 2.10. The van der Waals surface area contributed by atoms with E-state index < -0.39 is 0 Å². The highest BCUT2D eigenvalue weighted by atomic mass is 79.9. The van der Waals surface area contributed by atoms with Crippen molar-refractivity contribution in [2.24, 2.45) is 7.05 Å². The van der Waals surface area contributed by atoms with Crippen molar-refractivity contribution < 1.29 is 9.53 Å². The normalized spacial score (nSPS) is 10.4. The van der Waals surface area contributed by atoms with Gasteiger partial charge in [-0.1, -0.05) is 15.9 Å². The van der Waals surface area contributed by atoms with Crippen molar-refractivity contribution >= 4 is 22.2 Å². The summed E-state index contributed by atoms with van der Waals surface area (Å²) in [5, 5.41) is 3.96. The molecule has 2 aromatic rings. The average Bonchev–Trinajstić information content (AvgIpc) is 2.73. The Bertz CT molecular complexity index is 581. The third-order valence-corrected chi connectivity index (χ3v) is 3.00. The summed E-state index contributed by atoms with van der Waals surface area (Å²) >= 11 is 3.35. The van der Waals surface area contributed by atoms with Crippen molar-refractivity contribution in [2.75, 3.05) is 0 Å². The number of carbonyl (C=O) groups excluding carboxylic acids is 1. The van der Waals surface area contributed by atoms with Crippen LogP contribution >= 0.6 is 15.9 Å². The molecule has 0 aliphatic carbocycles. The molecule has 0 spiro atoms. The molecule has 94 valence electrons. The van der Waals surface area contributed by atoms with Crippen LogP contribution in [0.2, 0.25) is 0 Å². The Hall–Kier alpha value is -1.69. The molecule has 1 heterocycles. The molecule has 1 aromatic carbocycles. The van der Waals surface area contributed by atoms with Crippen molar-refractivity contribution in [3.05, 3.63) is 39.9 Å². The number of aryl methyl sites for hydroxylation is 2. The molecule has 2 rings (SSSR count). The maximum Gasteiger partial charge on any atom is 0.164 e. The van der Waals surface area contributed by atoms with E-state index in [1.165, 1.54) is 6.33 Å². The van der Waals surface area contributed by atoms with Crippen molar-refractivity contribution in [3.63, 3.8) is 0 Å². The molecule has 0 N–H and O–H groups in total. The lowest BCUT2D eigenvalue weighted by molar-refractivity contribution is 0.111. The number of aromatic nitrogens is 3. The fraction of sp³-hybridized carbons (Fsp3) is 0.250. The zero-order valence-electron chi connectivity index (χ0n) is 10.1. The van der Waals surface area contributed by atoms with E-state index in [2.05, 4.69) is 26.0 Å². The van der Waals surface area contributed by atoms with Crippen molar-refractivity contribution in [1.29, 1.82) is 0 Å². The molecule has 1 aromatic heterocycles. The van der Waals surface area contributed by atoms with E-state index in [1.807, 2.05) is 13.0 Å². The van der Waals surface area contributed by atoms with Crippen LogP contribution in [0.25, 0.3) is 0 Å². The SMILES string of the molecule is Cc1cc(Br)cc(C=O)c1OCc1ncnn1C. The van der Waals surface area contributed by atoms with Crippen LogP contribution in [0.1, 0.15) is 21.7 Å². The van der Waals surface area contributed by atoms with Crippen LogP contribution in [0.5, 0.6) is 5.75 Å². The van der Waals surface area contributed by atoms with Crippen LogP contribution in [-0.2, 0) is 13.7 Å². The summed E-state index contributed by atoms with van der Waals surface area (Å²) < 4.78 is 8.15. The minimum absolute atomic E-state index is 0.278. The number of halogens is 1. The van der Waals surface area contributed by atoms with Crippen LogP contribution in [0, 0.1) is 6.92 Å². The maximum absolute atomic E-state index is 11.0. The quantitative estimate of drug-likeness (QED) is 0.813. The van der Waals surface area contributed by atoms with E-state index in [1.54, 1.807) is 17.8 Å². The van der Waals surface area contributed by atoms with Crippen LogP contribution in [0.15, 0.2) is 22.9 Å². The lowest BCUT2D eigenvalue weighted by atomic mass is 10.1. The first-order chi connectivity index (χ1) is 8.61. The molecule has 5 nitrogen and oxygen atoms in total. The van der Waals surface area contributed by atoms with Gasteiger partial charge >= 0.3 is 0 Å². The summed E-state index contributed by atoms with van der Waals surface area (Å²) in [6.07, 6.45) is 2.25. The molecule has 0 amide bonds. The topological polar surface area (TPSA) is 57.0 Å². The van der Waals surface area contributed by atoms with Crippen LogP contribution in [0.4, 0.5) is 0 Å². The largest absolute Gasteiger partial charge is 0.485 e. The minimum atomic E-state index is 0.278. The molecule has 18 heavy (non-hydrogen) atoms. The van der Waals surface area contributed by atoms with Gasteiger partial charge in [0.2, 0.25) is 0 Å². The van der Waals surface area contributed by atoms with Crippen molar-refractivity contribution in [2.45, 2.75) is 13.5 Å². The predicted octanol–water partition coefficient (Wildman–Crippen LogP) is 2.28. The predicted molar refractivity (Wildman–Crippen MR) is 69.6 cm³/mol. The molecule has 6 heteroatoms. The Balaban J connectivity index is 2.24. The zero-order valence-corrected chi connectivity index (χ0v) is 11.6. The summed E-state index contributed by atoms with van der Waals surface area (Å²) in [6, 6.07) is 3.63. The molecular formula is C12H12BrN3O2. The molecule has 0 aliphatic rings. The average molecular weight is 310 g/mol. The number of aldehydes is 1. The number of hydrogen-bond donors (Lipinski definition) is 0. The van der Waals surface area contributed by atoms with E-state index in [-0.39, 0.29) is 6.61 Å². The molecule has 0 saturated heterocycles. The first-order valence-corrected chi connectivity index (χ1v) is 6.12. The number of carbonyl (C=O) groups is 1. The summed E-state index contributed by atoms with van der Waals surface area (Å²) in [5.41, 5.74) is 1.41. The van der Waals surface area contributed by atoms with Gasteiger partial charge in [0.05, 0.1) is 5.56 Å². The zero-order chi connectivity index (χ0) is 13.1. The third kappa shape index (κ3) is 2.59. The van der Waals surface area contributed by atoms with Crippen LogP contribution in [0.3, 0.4) is 0 Å². The molecule has 0 atom stereocenters. The van der Waals surface area contributed by atoms with Crippen LogP contribution < -0.4 is 4.74 Å². The molecule has 0 fully saturated rings. The van der Waals surface area contributed by atoms with Crippen LogP contribution in [-0.4, -0.2) is 21.1 Å². The van der Waals surface area contributed by atoms with Gasteiger partial charge in [-0.3, -0.25) is 9.48 Å². The van der Waals surface area contributed by atoms with Gasteiger partial charge in [-0.15, -0.1) is 0 Å². The third-order valence-electron chi connectivity index (χ3n) is 2.55. The number of ether oxygens (including phenoxy) is 1. The standard InChI is InChI=1S/C12H12BrN3O2/c1-8-3-10(13)4-9(5-17)12(8)18-6-11-14-7-15-16(11)2/h3-5,7H,6H2,1-2H3. The number of rotatable bonds is 4. The lowest BCUT2D eigenvalue weighted by Crippen LogP contribution is -2.06. The molecule has 0 bridgehead atoms. The summed E-state index contributed by atoms with van der Waals surface area (Å²) in [7, 11) is 1.79. The van der Waals surface area contributed by atoms with Gasteiger partial charge in [0.1, 0.15) is 18.7 Å². The molecule has 0 saturated carbocycles. The van der Waals surface area contributed by atoms with Gasteiger partial charge in [0, 0.05) is 11.5 Å². The molecule has 0 unspecified atom stereocenters. The second kappa shape index (κ2) is 5.30. The highest BCUT2D eigenvalue weighted by molar-refractivity contribution is 9.10. The fourth-order valence-corrected chi connectivity index (χ4v) is 2.22. The molecular weight excluding hydrogens is 298 g/mol. The summed E-state index contributed by atoms with van der Waals surface area (Å²) in [6.45, 7) is 2.17. The van der Waals surface area contributed by atoms with E-state index in [0.717, 1.165) is 16.3 Å². The first-order valence-electron chi connectivity index (χ1n) is 5.33.